The van der Waals surface area contributed by atoms with Crippen molar-refractivity contribution in [1.29, 1.82) is 0 Å². The SMILES string of the molecule is Cn1/c(=N/NC(=O)CNC(=O)c2cccs2)sc2ccccc21. The Kier molecular flexibility index (Phi) is 4.54. The zero-order valence-corrected chi connectivity index (χ0v) is 13.9. The van der Waals surface area contributed by atoms with E-state index in [0.717, 1.165) is 10.2 Å². The maximum atomic E-state index is 11.8. The Morgan fingerprint density at radius 3 is 2.78 bits per heavy atom. The number of carbonyl (C=O) groups is 2. The Morgan fingerprint density at radius 1 is 1.22 bits per heavy atom. The summed E-state index contributed by atoms with van der Waals surface area (Å²) in [7, 11) is 1.89. The first-order valence-corrected chi connectivity index (χ1v) is 8.53. The van der Waals surface area contributed by atoms with E-state index in [1.165, 1.54) is 22.7 Å². The largest absolute Gasteiger partial charge is 0.342 e. The molecule has 0 saturated heterocycles. The second-order valence-electron chi connectivity index (χ2n) is 4.72. The molecule has 0 bridgehead atoms. The average molecular weight is 346 g/mol. The van der Waals surface area contributed by atoms with E-state index in [0.29, 0.717) is 9.68 Å². The van der Waals surface area contributed by atoms with E-state index in [4.69, 9.17) is 0 Å². The number of nitrogens with one attached hydrogen (secondary N) is 2. The van der Waals surface area contributed by atoms with E-state index in [1.807, 2.05) is 41.3 Å². The van der Waals surface area contributed by atoms with Crippen LogP contribution in [-0.4, -0.2) is 22.9 Å². The molecule has 0 aliphatic heterocycles. The van der Waals surface area contributed by atoms with Crippen LogP contribution in [0, 0.1) is 0 Å². The number of nitrogens with zero attached hydrogens (tertiary/aromatic N) is 2. The Morgan fingerprint density at radius 2 is 2.04 bits per heavy atom. The van der Waals surface area contributed by atoms with E-state index in [-0.39, 0.29) is 18.4 Å². The van der Waals surface area contributed by atoms with Crippen molar-refractivity contribution in [1.82, 2.24) is 15.3 Å². The van der Waals surface area contributed by atoms with Crippen molar-refractivity contribution in [2.24, 2.45) is 12.1 Å². The molecule has 0 saturated carbocycles. The summed E-state index contributed by atoms with van der Waals surface area (Å²) >= 11 is 2.81. The zero-order chi connectivity index (χ0) is 16.2. The van der Waals surface area contributed by atoms with Gasteiger partial charge in [0.15, 0.2) is 0 Å². The molecule has 118 valence electrons. The highest BCUT2D eigenvalue weighted by Gasteiger charge is 2.08. The van der Waals surface area contributed by atoms with Gasteiger partial charge in [-0.05, 0) is 23.6 Å². The lowest BCUT2D eigenvalue weighted by Gasteiger charge is -2.02. The van der Waals surface area contributed by atoms with E-state index in [1.54, 1.807) is 12.1 Å². The highest BCUT2D eigenvalue weighted by molar-refractivity contribution is 7.16. The van der Waals surface area contributed by atoms with Gasteiger partial charge in [0.25, 0.3) is 11.8 Å². The fourth-order valence-electron chi connectivity index (χ4n) is 1.99. The third-order valence-corrected chi connectivity index (χ3v) is 5.13. The van der Waals surface area contributed by atoms with E-state index in [9.17, 15) is 9.59 Å². The van der Waals surface area contributed by atoms with Gasteiger partial charge in [0, 0.05) is 7.05 Å². The number of para-hydroxylation sites is 1. The van der Waals surface area contributed by atoms with Crippen molar-refractivity contribution in [3.05, 3.63) is 51.5 Å². The molecule has 8 heteroatoms. The third-order valence-electron chi connectivity index (χ3n) is 3.15. The van der Waals surface area contributed by atoms with Crippen molar-refractivity contribution in [3.8, 4) is 0 Å². The zero-order valence-electron chi connectivity index (χ0n) is 12.3. The van der Waals surface area contributed by atoms with Gasteiger partial charge in [-0.2, -0.15) is 0 Å². The molecule has 6 nitrogen and oxygen atoms in total. The molecule has 0 fully saturated rings. The summed E-state index contributed by atoms with van der Waals surface area (Å²) < 4.78 is 3.00. The monoisotopic (exact) mass is 346 g/mol. The van der Waals surface area contributed by atoms with E-state index in [2.05, 4.69) is 15.8 Å². The molecule has 3 rings (SSSR count). The van der Waals surface area contributed by atoms with Crippen LogP contribution in [0.25, 0.3) is 10.2 Å². The first kappa shape index (κ1) is 15.4. The molecule has 2 N–H and O–H groups in total. The molecule has 23 heavy (non-hydrogen) atoms. The lowest BCUT2D eigenvalue weighted by Crippen LogP contribution is -2.35. The van der Waals surface area contributed by atoms with Crippen LogP contribution >= 0.6 is 22.7 Å². The number of rotatable bonds is 4. The lowest BCUT2D eigenvalue weighted by molar-refractivity contribution is -0.120. The predicted molar refractivity (Wildman–Crippen MR) is 91.2 cm³/mol. The van der Waals surface area contributed by atoms with Crippen LogP contribution in [0.3, 0.4) is 0 Å². The van der Waals surface area contributed by atoms with Crippen LogP contribution in [-0.2, 0) is 11.8 Å². The molecule has 0 aliphatic rings. The fraction of sp³-hybridized carbons (Fsp3) is 0.133. The molecule has 2 aromatic heterocycles. The normalized spacial score (nSPS) is 11.6. The average Bonchev–Trinajstić information content (AvgIpc) is 3.20. The summed E-state index contributed by atoms with van der Waals surface area (Å²) in [5, 5.41) is 8.49. The highest BCUT2D eigenvalue weighted by atomic mass is 32.1. The maximum absolute atomic E-state index is 11.8. The first-order valence-electron chi connectivity index (χ1n) is 6.84. The molecule has 1 aromatic carbocycles. The minimum atomic E-state index is -0.368. The minimum Gasteiger partial charge on any atom is -0.342 e. The van der Waals surface area contributed by atoms with Gasteiger partial charge in [0.2, 0.25) is 4.80 Å². The predicted octanol–water partition coefficient (Wildman–Crippen LogP) is 1.66. The van der Waals surface area contributed by atoms with Gasteiger partial charge in [-0.15, -0.1) is 16.4 Å². The van der Waals surface area contributed by atoms with Gasteiger partial charge in [0.1, 0.15) is 0 Å². The highest BCUT2D eigenvalue weighted by Crippen LogP contribution is 2.14. The van der Waals surface area contributed by atoms with Crippen LogP contribution in [0.4, 0.5) is 0 Å². The number of benzene rings is 1. The smallest absolute Gasteiger partial charge is 0.261 e. The molecule has 2 heterocycles. The maximum Gasteiger partial charge on any atom is 0.261 e. The van der Waals surface area contributed by atoms with E-state index >= 15 is 0 Å². The third kappa shape index (κ3) is 3.49. The topological polar surface area (TPSA) is 75.5 Å². The van der Waals surface area contributed by atoms with Gasteiger partial charge in [-0.1, -0.05) is 29.5 Å². The molecule has 0 unspecified atom stereocenters. The van der Waals surface area contributed by atoms with Crippen molar-refractivity contribution in [2.75, 3.05) is 6.54 Å². The van der Waals surface area contributed by atoms with Crippen LogP contribution in [0.5, 0.6) is 0 Å². The molecule has 2 amide bonds. The number of thiazole rings is 1. The van der Waals surface area contributed by atoms with Crippen LogP contribution < -0.4 is 15.5 Å². The van der Waals surface area contributed by atoms with Crippen molar-refractivity contribution in [2.45, 2.75) is 0 Å². The van der Waals surface area contributed by atoms with Crippen LogP contribution in [0.1, 0.15) is 9.67 Å². The molecular weight excluding hydrogens is 332 g/mol. The Hall–Kier alpha value is -2.45. The van der Waals surface area contributed by atoms with Crippen LogP contribution in [0.2, 0.25) is 0 Å². The van der Waals surface area contributed by atoms with Gasteiger partial charge in [-0.25, -0.2) is 5.43 Å². The van der Waals surface area contributed by atoms with Crippen molar-refractivity contribution >= 4 is 44.7 Å². The van der Waals surface area contributed by atoms with Gasteiger partial charge < -0.3 is 9.88 Å². The van der Waals surface area contributed by atoms with Gasteiger partial charge in [0.05, 0.1) is 21.6 Å². The second kappa shape index (κ2) is 6.76. The van der Waals surface area contributed by atoms with Crippen molar-refractivity contribution in [3.63, 3.8) is 0 Å². The quantitative estimate of drug-likeness (QED) is 0.705. The number of aromatic nitrogens is 1. The number of aryl methyl sites for hydroxylation is 1. The minimum absolute atomic E-state index is 0.116. The molecule has 0 atom stereocenters. The number of hydrogen-bond acceptors (Lipinski definition) is 5. The first-order chi connectivity index (χ1) is 11.1. The summed E-state index contributed by atoms with van der Waals surface area (Å²) in [4.78, 5) is 24.8. The summed E-state index contributed by atoms with van der Waals surface area (Å²) in [6, 6.07) is 11.4. The second-order valence-corrected chi connectivity index (χ2v) is 6.67. The molecule has 0 spiro atoms. The number of hydrogen-bond donors (Lipinski definition) is 2. The summed E-state index contributed by atoms with van der Waals surface area (Å²) in [5.41, 5.74) is 3.52. The van der Waals surface area contributed by atoms with E-state index < -0.39 is 0 Å². The summed E-state index contributed by atoms with van der Waals surface area (Å²) in [6.45, 7) is -0.116. The Bertz CT molecular complexity index is 909. The molecular formula is C15H14N4O2S2. The summed E-state index contributed by atoms with van der Waals surface area (Å²) in [5.74, 6) is -0.630. The Balaban J connectivity index is 1.63. The van der Waals surface area contributed by atoms with Gasteiger partial charge in [-0.3, -0.25) is 9.59 Å². The number of carbonyl (C=O) groups excluding carboxylic acids is 2. The standard InChI is InChI=1S/C15H14N4O2S2/c1-19-10-5-2-3-6-11(10)23-15(19)18-17-13(20)9-16-14(21)12-7-4-8-22-12/h2-8H,9H2,1H3,(H,16,21)(H,17,20)/b18-15-. The molecule has 3 aromatic rings. The number of fused-ring (bicyclic) bond motifs is 1. The van der Waals surface area contributed by atoms with Gasteiger partial charge >= 0.3 is 0 Å². The van der Waals surface area contributed by atoms with Crippen molar-refractivity contribution < 1.29 is 9.59 Å². The summed E-state index contributed by atoms with van der Waals surface area (Å²) in [6.07, 6.45) is 0. The number of amides is 2. The Labute approximate surface area is 140 Å². The van der Waals surface area contributed by atoms with Crippen LogP contribution in [0.15, 0.2) is 46.9 Å². The molecule has 0 radical (unpaired) electrons. The molecule has 0 aliphatic carbocycles. The number of thiophene rings is 1. The lowest BCUT2D eigenvalue weighted by atomic mass is 10.3. The fourth-order valence-corrected chi connectivity index (χ4v) is 3.61.